The minimum Gasteiger partial charge on any atom is -0.493 e. The standard InChI is InChI=1S/C16H17NO6/c1-10(17-23-16(18)12-6-5-7-22-12)11-8-13(19-2)15(21-4)14(9-11)20-3/h5-9H,1-4H3/b17-10+. The number of furan rings is 1. The molecule has 1 aromatic heterocycles. The predicted octanol–water partition coefficient (Wildman–Crippen LogP) is 2.89. The fraction of sp³-hybridized carbons (Fsp3) is 0.250. The van der Waals surface area contributed by atoms with Crippen molar-refractivity contribution in [1.82, 2.24) is 0 Å². The van der Waals surface area contributed by atoms with E-state index in [0.29, 0.717) is 28.5 Å². The van der Waals surface area contributed by atoms with E-state index in [1.165, 1.54) is 33.7 Å². The third-order valence-corrected chi connectivity index (χ3v) is 3.07. The molecule has 0 saturated carbocycles. The van der Waals surface area contributed by atoms with Crippen molar-refractivity contribution < 1.29 is 28.3 Å². The molecule has 0 aliphatic rings. The van der Waals surface area contributed by atoms with Gasteiger partial charge in [-0.2, -0.15) is 0 Å². The van der Waals surface area contributed by atoms with Crippen molar-refractivity contribution in [1.29, 1.82) is 0 Å². The zero-order chi connectivity index (χ0) is 16.8. The van der Waals surface area contributed by atoms with Crippen LogP contribution in [0.25, 0.3) is 0 Å². The SMILES string of the molecule is COc1cc(/C(C)=N/OC(=O)c2ccco2)cc(OC)c1OC. The fourth-order valence-corrected chi connectivity index (χ4v) is 1.89. The van der Waals surface area contributed by atoms with Crippen molar-refractivity contribution in [3.63, 3.8) is 0 Å². The topological polar surface area (TPSA) is 79.5 Å². The summed E-state index contributed by atoms with van der Waals surface area (Å²) in [5.41, 5.74) is 1.12. The Morgan fingerprint density at radius 3 is 2.22 bits per heavy atom. The number of methoxy groups -OCH3 is 3. The van der Waals surface area contributed by atoms with Crippen molar-refractivity contribution in [2.75, 3.05) is 21.3 Å². The molecule has 7 nitrogen and oxygen atoms in total. The molecular weight excluding hydrogens is 302 g/mol. The van der Waals surface area contributed by atoms with Crippen LogP contribution in [0.3, 0.4) is 0 Å². The number of nitrogens with zero attached hydrogens (tertiary/aromatic N) is 1. The molecule has 2 rings (SSSR count). The first-order chi connectivity index (χ1) is 11.1. The Morgan fingerprint density at radius 1 is 1.09 bits per heavy atom. The van der Waals surface area contributed by atoms with E-state index in [1.807, 2.05) is 0 Å². The van der Waals surface area contributed by atoms with Gasteiger partial charge in [-0.25, -0.2) is 4.79 Å². The van der Waals surface area contributed by atoms with Gasteiger partial charge in [0.15, 0.2) is 11.5 Å². The van der Waals surface area contributed by atoms with E-state index >= 15 is 0 Å². The molecule has 2 aromatic rings. The highest BCUT2D eigenvalue weighted by Gasteiger charge is 2.15. The van der Waals surface area contributed by atoms with E-state index in [0.717, 1.165) is 0 Å². The summed E-state index contributed by atoms with van der Waals surface area (Å²) in [6.07, 6.45) is 1.38. The molecule has 0 amide bonds. The number of ether oxygens (including phenoxy) is 3. The summed E-state index contributed by atoms with van der Waals surface area (Å²) >= 11 is 0. The molecule has 23 heavy (non-hydrogen) atoms. The minimum absolute atomic E-state index is 0.0754. The third-order valence-electron chi connectivity index (χ3n) is 3.07. The monoisotopic (exact) mass is 319 g/mol. The predicted molar refractivity (Wildman–Crippen MR) is 82.4 cm³/mol. The molecule has 1 aromatic carbocycles. The van der Waals surface area contributed by atoms with Gasteiger partial charge in [0.25, 0.3) is 0 Å². The zero-order valence-electron chi connectivity index (χ0n) is 13.3. The molecule has 0 spiro atoms. The molecule has 0 bridgehead atoms. The van der Waals surface area contributed by atoms with Crippen molar-refractivity contribution in [3.05, 3.63) is 41.9 Å². The van der Waals surface area contributed by atoms with Gasteiger partial charge in [0.2, 0.25) is 11.5 Å². The molecule has 122 valence electrons. The quantitative estimate of drug-likeness (QED) is 0.463. The molecule has 1 heterocycles. The van der Waals surface area contributed by atoms with Gasteiger partial charge in [-0.15, -0.1) is 0 Å². The number of oxime groups is 1. The molecule has 0 fully saturated rings. The van der Waals surface area contributed by atoms with Crippen LogP contribution in [0.5, 0.6) is 17.2 Å². The number of rotatable bonds is 6. The van der Waals surface area contributed by atoms with Crippen LogP contribution in [0.2, 0.25) is 0 Å². The Balaban J connectivity index is 2.26. The van der Waals surface area contributed by atoms with Gasteiger partial charge in [0.1, 0.15) is 0 Å². The maximum atomic E-state index is 11.7. The van der Waals surface area contributed by atoms with Crippen molar-refractivity contribution in [2.45, 2.75) is 6.92 Å². The van der Waals surface area contributed by atoms with Gasteiger partial charge < -0.3 is 23.5 Å². The van der Waals surface area contributed by atoms with Crippen molar-refractivity contribution in [3.8, 4) is 17.2 Å². The summed E-state index contributed by atoms with van der Waals surface area (Å²) in [6.45, 7) is 1.69. The number of carbonyl (C=O) groups is 1. The summed E-state index contributed by atoms with van der Waals surface area (Å²) in [5.74, 6) is 0.829. The molecule has 0 saturated heterocycles. The van der Waals surface area contributed by atoms with Gasteiger partial charge in [-0.3, -0.25) is 0 Å². The lowest BCUT2D eigenvalue weighted by molar-refractivity contribution is 0.0480. The molecule has 0 radical (unpaired) electrons. The number of hydrogen-bond donors (Lipinski definition) is 0. The smallest absolute Gasteiger partial charge is 0.400 e. The third kappa shape index (κ3) is 3.63. The first-order valence-electron chi connectivity index (χ1n) is 6.70. The van der Waals surface area contributed by atoms with Gasteiger partial charge >= 0.3 is 5.97 Å². The lowest BCUT2D eigenvalue weighted by Crippen LogP contribution is -2.04. The highest BCUT2D eigenvalue weighted by Crippen LogP contribution is 2.38. The molecule has 0 unspecified atom stereocenters. The zero-order valence-corrected chi connectivity index (χ0v) is 13.3. The summed E-state index contributed by atoms with van der Waals surface area (Å²) in [4.78, 5) is 16.5. The fourth-order valence-electron chi connectivity index (χ4n) is 1.89. The van der Waals surface area contributed by atoms with E-state index in [9.17, 15) is 4.79 Å². The van der Waals surface area contributed by atoms with Crippen LogP contribution < -0.4 is 14.2 Å². The van der Waals surface area contributed by atoms with Crippen LogP contribution >= 0.6 is 0 Å². The van der Waals surface area contributed by atoms with Gasteiger partial charge in [-0.05, 0) is 31.2 Å². The summed E-state index contributed by atoms with van der Waals surface area (Å²) in [7, 11) is 4.56. The van der Waals surface area contributed by atoms with E-state index < -0.39 is 5.97 Å². The molecule has 0 aliphatic heterocycles. The number of carbonyl (C=O) groups excluding carboxylic acids is 1. The van der Waals surface area contributed by atoms with Crippen LogP contribution in [0.4, 0.5) is 0 Å². The summed E-state index contributed by atoms with van der Waals surface area (Å²) in [5, 5.41) is 3.81. The summed E-state index contributed by atoms with van der Waals surface area (Å²) in [6, 6.07) is 6.50. The van der Waals surface area contributed by atoms with Crippen LogP contribution in [0, 0.1) is 0 Å². The number of hydrogen-bond acceptors (Lipinski definition) is 7. The second-order valence-corrected chi connectivity index (χ2v) is 4.45. The highest BCUT2D eigenvalue weighted by atomic mass is 16.7. The molecule has 0 aliphatic carbocycles. The Morgan fingerprint density at radius 2 is 1.74 bits per heavy atom. The lowest BCUT2D eigenvalue weighted by atomic mass is 10.1. The molecular formula is C16H17NO6. The van der Waals surface area contributed by atoms with Gasteiger partial charge in [-0.1, -0.05) is 5.16 Å². The van der Waals surface area contributed by atoms with Crippen molar-refractivity contribution in [2.24, 2.45) is 5.16 Å². The highest BCUT2D eigenvalue weighted by molar-refractivity contribution is 6.00. The average Bonchev–Trinajstić information content (AvgIpc) is 3.12. The van der Waals surface area contributed by atoms with E-state index in [1.54, 1.807) is 25.1 Å². The molecule has 0 atom stereocenters. The second kappa shape index (κ2) is 7.35. The molecule has 0 N–H and O–H groups in total. The maximum absolute atomic E-state index is 11.7. The van der Waals surface area contributed by atoms with Crippen LogP contribution in [-0.4, -0.2) is 33.0 Å². The van der Waals surface area contributed by atoms with Gasteiger partial charge in [0.05, 0.1) is 33.3 Å². The maximum Gasteiger partial charge on any atom is 0.400 e. The summed E-state index contributed by atoms with van der Waals surface area (Å²) < 4.78 is 20.7. The Kier molecular flexibility index (Phi) is 5.24. The lowest BCUT2D eigenvalue weighted by Gasteiger charge is -2.13. The van der Waals surface area contributed by atoms with E-state index in [2.05, 4.69) is 5.16 Å². The largest absolute Gasteiger partial charge is 0.493 e. The van der Waals surface area contributed by atoms with Crippen LogP contribution in [0.15, 0.2) is 40.1 Å². The Hall–Kier alpha value is -2.96. The first-order valence-corrected chi connectivity index (χ1v) is 6.70. The van der Waals surface area contributed by atoms with E-state index in [-0.39, 0.29) is 5.76 Å². The number of benzene rings is 1. The second-order valence-electron chi connectivity index (χ2n) is 4.45. The van der Waals surface area contributed by atoms with Crippen molar-refractivity contribution >= 4 is 11.7 Å². The van der Waals surface area contributed by atoms with Crippen LogP contribution in [-0.2, 0) is 4.84 Å². The normalized spacial score (nSPS) is 11.0. The Labute approximate surface area is 133 Å². The first kappa shape index (κ1) is 16.4. The minimum atomic E-state index is -0.679. The Bertz CT molecular complexity index is 680. The van der Waals surface area contributed by atoms with E-state index in [4.69, 9.17) is 23.5 Å². The van der Waals surface area contributed by atoms with Gasteiger partial charge in [0, 0.05) is 5.56 Å². The average molecular weight is 319 g/mol. The molecule has 7 heteroatoms. The van der Waals surface area contributed by atoms with Crippen LogP contribution in [0.1, 0.15) is 23.0 Å².